The highest BCUT2D eigenvalue weighted by molar-refractivity contribution is 6.12. The molecule has 3 heterocycles. The summed E-state index contributed by atoms with van der Waals surface area (Å²) in [5.74, 6) is 0. The first kappa shape index (κ1) is 15.1. The third-order valence-electron chi connectivity index (χ3n) is 5.00. The van der Waals surface area contributed by atoms with Crippen LogP contribution in [0.15, 0.2) is 60.8 Å². The molecule has 0 saturated carbocycles. The average molecular weight is 337 g/mol. The molecule has 0 spiro atoms. The molecule has 0 radical (unpaired) electrons. The summed E-state index contributed by atoms with van der Waals surface area (Å²) in [5.41, 5.74) is 7.56. The van der Waals surface area contributed by atoms with Crippen molar-refractivity contribution < 1.29 is 0 Å². The molecule has 0 N–H and O–H groups in total. The number of fused-ring (bicyclic) bond motifs is 6. The van der Waals surface area contributed by atoms with Gasteiger partial charge >= 0.3 is 0 Å². The molecule has 126 valence electrons. The van der Waals surface area contributed by atoms with E-state index in [-0.39, 0.29) is 0 Å². The van der Waals surface area contributed by atoms with E-state index in [1.807, 2.05) is 25.1 Å². The Bertz CT molecular complexity index is 1310. The fraction of sp³-hybridized carbons (Fsp3) is 0.130. The number of hydrogen-bond acceptors (Lipinski definition) is 2. The minimum absolute atomic E-state index is 0.909. The van der Waals surface area contributed by atoms with Crippen LogP contribution < -0.4 is 0 Å². The molecule has 5 aromatic rings. The lowest BCUT2D eigenvalue weighted by molar-refractivity contribution is 1.19. The Morgan fingerprint density at radius 3 is 2.35 bits per heavy atom. The second-order valence-electron chi connectivity index (χ2n) is 7.01. The largest absolute Gasteiger partial charge is 0.298 e. The van der Waals surface area contributed by atoms with Gasteiger partial charge in [-0.3, -0.25) is 9.38 Å². The summed E-state index contributed by atoms with van der Waals surface area (Å²) in [7, 11) is 0. The van der Waals surface area contributed by atoms with Gasteiger partial charge in [0.15, 0.2) is 0 Å². The van der Waals surface area contributed by atoms with E-state index in [9.17, 15) is 0 Å². The number of imidazole rings is 1. The second-order valence-corrected chi connectivity index (χ2v) is 7.01. The molecule has 3 aromatic heterocycles. The van der Waals surface area contributed by atoms with Gasteiger partial charge in [0, 0.05) is 22.7 Å². The molecule has 0 saturated heterocycles. The SMILES string of the molecule is Cc1cc(C)c2c(c1)c1ccccc1c1nc(-c3cccc(C)n3)cn12. The van der Waals surface area contributed by atoms with Crippen LogP contribution in [-0.2, 0) is 0 Å². The van der Waals surface area contributed by atoms with Crippen molar-refractivity contribution in [3.8, 4) is 11.4 Å². The van der Waals surface area contributed by atoms with Crippen LogP contribution in [0.25, 0.3) is 38.7 Å². The van der Waals surface area contributed by atoms with E-state index in [1.54, 1.807) is 0 Å². The van der Waals surface area contributed by atoms with Gasteiger partial charge in [-0.1, -0.05) is 42.0 Å². The van der Waals surface area contributed by atoms with Gasteiger partial charge < -0.3 is 0 Å². The molecule has 0 aliphatic carbocycles. The number of nitrogens with zero attached hydrogens (tertiary/aromatic N) is 3. The number of aromatic nitrogens is 3. The zero-order chi connectivity index (χ0) is 17.8. The van der Waals surface area contributed by atoms with Gasteiger partial charge in [-0.15, -0.1) is 0 Å². The first-order valence-electron chi connectivity index (χ1n) is 8.86. The van der Waals surface area contributed by atoms with Crippen LogP contribution >= 0.6 is 0 Å². The lowest BCUT2D eigenvalue weighted by atomic mass is 10.0. The van der Waals surface area contributed by atoms with E-state index in [1.165, 1.54) is 32.8 Å². The molecule has 0 aliphatic rings. The number of aryl methyl sites for hydroxylation is 3. The molecule has 5 rings (SSSR count). The Labute approximate surface area is 152 Å². The van der Waals surface area contributed by atoms with Crippen molar-refractivity contribution in [1.82, 2.24) is 14.4 Å². The van der Waals surface area contributed by atoms with E-state index in [0.717, 1.165) is 22.7 Å². The van der Waals surface area contributed by atoms with Crippen LogP contribution in [0.1, 0.15) is 16.8 Å². The minimum atomic E-state index is 0.909. The summed E-state index contributed by atoms with van der Waals surface area (Å²) in [6.07, 6.45) is 2.12. The second kappa shape index (κ2) is 5.40. The molecule has 3 nitrogen and oxygen atoms in total. The molecule has 0 amide bonds. The molecule has 0 aliphatic heterocycles. The van der Waals surface area contributed by atoms with Crippen molar-refractivity contribution in [2.45, 2.75) is 20.8 Å². The number of hydrogen-bond donors (Lipinski definition) is 0. The van der Waals surface area contributed by atoms with Gasteiger partial charge in [0.05, 0.1) is 11.2 Å². The van der Waals surface area contributed by atoms with Crippen LogP contribution in [0.3, 0.4) is 0 Å². The summed E-state index contributed by atoms with van der Waals surface area (Å²) in [6.45, 7) is 6.34. The highest BCUT2D eigenvalue weighted by Gasteiger charge is 2.14. The van der Waals surface area contributed by atoms with Gasteiger partial charge in [0.1, 0.15) is 11.3 Å². The van der Waals surface area contributed by atoms with Gasteiger partial charge in [0.25, 0.3) is 0 Å². The minimum Gasteiger partial charge on any atom is -0.298 e. The molecule has 0 bridgehead atoms. The van der Waals surface area contributed by atoms with Crippen LogP contribution in [0.2, 0.25) is 0 Å². The van der Waals surface area contributed by atoms with Crippen molar-refractivity contribution in [2.24, 2.45) is 0 Å². The van der Waals surface area contributed by atoms with E-state index < -0.39 is 0 Å². The summed E-state index contributed by atoms with van der Waals surface area (Å²) in [6, 6.07) is 19.1. The van der Waals surface area contributed by atoms with E-state index in [4.69, 9.17) is 4.98 Å². The van der Waals surface area contributed by atoms with Crippen LogP contribution in [0, 0.1) is 20.8 Å². The van der Waals surface area contributed by atoms with E-state index in [2.05, 4.69) is 65.8 Å². The Morgan fingerprint density at radius 1 is 0.731 bits per heavy atom. The Balaban J connectivity index is 1.99. The van der Waals surface area contributed by atoms with Crippen molar-refractivity contribution in [2.75, 3.05) is 0 Å². The summed E-state index contributed by atoms with van der Waals surface area (Å²) < 4.78 is 2.23. The predicted octanol–water partition coefficient (Wildman–Crippen LogP) is 5.63. The molecule has 0 unspecified atom stereocenters. The van der Waals surface area contributed by atoms with E-state index in [0.29, 0.717) is 0 Å². The normalized spacial score (nSPS) is 11.7. The zero-order valence-electron chi connectivity index (χ0n) is 15.1. The molecule has 3 heteroatoms. The maximum atomic E-state index is 4.97. The van der Waals surface area contributed by atoms with Gasteiger partial charge in [-0.25, -0.2) is 4.98 Å². The lowest BCUT2D eigenvalue weighted by Crippen LogP contribution is -1.93. The zero-order valence-corrected chi connectivity index (χ0v) is 15.1. The first-order chi connectivity index (χ1) is 12.6. The quantitative estimate of drug-likeness (QED) is 0.371. The summed E-state index contributed by atoms with van der Waals surface area (Å²) in [4.78, 5) is 9.63. The van der Waals surface area contributed by atoms with Crippen molar-refractivity contribution in [3.05, 3.63) is 77.6 Å². The van der Waals surface area contributed by atoms with Crippen LogP contribution in [0.5, 0.6) is 0 Å². The number of pyridine rings is 2. The molecule has 0 fully saturated rings. The molecular formula is C23H19N3. The van der Waals surface area contributed by atoms with Gasteiger partial charge in [-0.2, -0.15) is 0 Å². The maximum Gasteiger partial charge on any atom is 0.145 e. The topological polar surface area (TPSA) is 30.2 Å². The predicted molar refractivity (Wildman–Crippen MR) is 108 cm³/mol. The number of rotatable bonds is 1. The number of benzene rings is 2. The third kappa shape index (κ3) is 2.14. The van der Waals surface area contributed by atoms with Crippen LogP contribution in [0.4, 0.5) is 0 Å². The van der Waals surface area contributed by atoms with Crippen molar-refractivity contribution in [3.63, 3.8) is 0 Å². The van der Waals surface area contributed by atoms with E-state index >= 15 is 0 Å². The fourth-order valence-corrected chi connectivity index (χ4v) is 3.95. The smallest absolute Gasteiger partial charge is 0.145 e. The summed E-state index contributed by atoms with van der Waals surface area (Å²) >= 11 is 0. The molecule has 2 aromatic carbocycles. The van der Waals surface area contributed by atoms with Gasteiger partial charge in [-0.05, 0) is 49.9 Å². The average Bonchev–Trinajstić information content (AvgIpc) is 3.07. The first-order valence-corrected chi connectivity index (χ1v) is 8.86. The summed E-state index contributed by atoms with van der Waals surface area (Å²) in [5, 5.41) is 3.69. The molecule has 26 heavy (non-hydrogen) atoms. The monoisotopic (exact) mass is 337 g/mol. The Morgan fingerprint density at radius 2 is 1.54 bits per heavy atom. The Hall–Kier alpha value is -3.20. The highest BCUT2D eigenvalue weighted by Crippen LogP contribution is 2.33. The fourth-order valence-electron chi connectivity index (χ4n) is 3.95. The standard InChI is InChI=1S/C23H19N3/c1-14-11-15(2)22-19(12-14)17-8-4-5-9-18(17)23-25-21(13-26(22)23)20-10-6-7-16(3)24-20/h4-13H,1-3H3. The lowest BCUT2D eigenvalue weighted by Gasteiger charge is -2.11. The third-order valence-corrected chi connectivity index (χ3v) is 5.00. The highest BCUT2D eigenvalue weighted by atomic mass is 15.0. The Kier molecular flexibility index (Phi) is 3.13. The van der Waals surface area contributed by atoms with Crippen LogP contribution in [-0.4, -0.2) is 14.4 Å². The van der Waals surface area contributed by atoms with Crippen molar-refractivity contribution in [1.29, 1.82) is 0 Å². The molecule has 0 atom stereocenters. The maximum absolute atomic E-state index is 4.97. The van der Waals surface area contributed by atoms with Gasteiger partial charge in [0.2, 0.25) is 0 Å². The molecular weight excluding hydrogens is 318 g/mol. The van der Waals surface area contributed by atoms with Crippen molar-refractivity contribution >= 4 is 27.3 Å².